The number of nitrogens with zero attached hydrogens (tertiary/aromatic N) is 1. The number of hydrogen-bond acceptors (Lipinski definition) is 3. The van der Waals surface area contributed by atoms with E-state index >= 15 is 0 Å². The monoisotopic (exact) mass is 236 g/mol. The number of carboxylic acids is 1. The highest BCUT2D eigenvalue weighted by molar-refractivity contribution is 7.87. The van der Waals surface area contributed by atoms with E-state index < -0.39 is 22.2 Å². The molecular weight excluding hydrogens is 220 g/mol. The summed E-state index contributed by atoms with van der Waals surface area (Å²) < 4.78 is 26.1. The first-order chi connectivity index (χ1) is 6.97. The Bertz CT molecular complexity index is 328. The maximum atomic E-state index is 11.4. The zero-order chi connectivity index (χ0) is 11.5. The number of hydrogen-bond donors (Lipinski definition) is 2. The van der Waals surface area contributed by atoms with Crippen LogP contribution in [0.15, 0.2) is 0 Å². The average molecular weight is 236 g/mol. The molecule has 1 aliphatic heterocycles. The van der Waals surface area contributed by atoms with Gasteiger partial charge in [-0.3, -0.25) is 4.79 Å². The summed E-state index contributed by atoms with van der Waals surface area (Å²) in [6, 6.07) is -1.00. The summed E-state index contributed by atoms with van der Waals surface area (Å²) in [5, 5.41) is 8.68. The normalized spacial score (nSPS) is 25.5. The zero-order valence-corrected chi connectivity index (χ0v) is 9.46. The van der Waals surface area contributed by atoms with Crippen molar-refractivity contribution in [1.29, 1.82) is 0 Å². The molecule has 0 aromatic carbocycles. The van der Waals surface area contributed by atoms with Crippen LogP contribution in [0, 0.1) is 0 Å². The minimum absolute atomic E-state index is 0.0291. The Morgan fingerprint density at radius 2 is 2.20 bits per heavy atom. The molecule has 2 N–H and O–H groups in total. The van der Waals surface area contributed by atoms with E-state index in [0.29, 0.717) is 6.54 Å². The summed E-state index contributed by atoms with van der Waals surface area (Å²) in [7, 11) is -3.56. The van der Waals surface area contributed by atoms with Crippen molar-refractivity contribution in [2.75, 3.05) is 13.1 Å². The number of rotatable bonds is 5. The lowest BCUT2D eigenvalue weighted by Crippen LogP contribution is -2.34. The molecule has 0 radical (unpaired) electrons. The van der Waals surface area contributed by atoms with Crippen molar-refractivity contribution in [1.82, 2.24) is 9.03 Å². The lowest BCUT2D eigenvalue weighted by molar-refractivity contribution is -0.138. The van der Waals surface area contributed by atoms with Crippen LogP contribution in [0.4, 0.5) is 0 Å². The van der Waals surface area contributed by atoms with Gasteiger partial charge < -0.3 is 5.11 Å². The molecule has 1 rings (SSSR count). The first-order valence-corrected chi connectivity index (χ1v) is 6.41. The van der Waals surface area contributed by atoms with Crippen molar-refractivity contribution in [3.05, 3.63) is 0 Å². The molecule has 1 aliphatic rings. The predicted molar refractivity (Wildman–Crippen MR) is 54.6 cm³/mol. The Morgan fingerprint density at radius 1 is 1.53 bits per heavy atom. The molecule has 1 fully saturated rings. The fraction of sp³-hybridized carbons (Fsp3) is 0.875. The second kappa shape index (κ2) is 4.91. The van der Waals surface area contributed by atoms with Crippen molar-refractivity contribution < 1.29 is 18.3 Å². The lowest BCUT2D eigenvalue weighted by atomic mass is 10.2. The van der Waals surface area contributed by atoms with Gasteiger partial charge >= 0.3 is 5.97 Å². The summed E-state index contributed by atoms with van der Waals surface area (Å²) in [5.74, 6) is -1.13. The molecule has 15 heavy (non-hydrogen) atoms. The van der Waals surface area contributed by atoms with Crippen molar-refractivity contribution >= 4 is 16.2 Å². The highest BCUT2D eigenvalue weighted by Crippen LogP contribution is 2.12. The van der Waals surface area contributed by atoms with Gasteiger partial charge in [0.15, 0.2) is 0 Å². The van der Waals surface area contributed by atoms with Crippen LogP contribution in [0.25, 0.3) is 0 Å². The van der Waals surface area contributed by atoms with E-state index in [9.17, 15) is 13.2 Å². The van der Waals surface area contributed by atoms with Gasteiger partial charge in [-0.25, -0.2) is 0 Å². The fourth-order valence-electron chi connectivity index (χ4n) is 1.47. The van der Waals surface area contributed by atoms with Crippen molar-refractivity contribution in [2.24, 2.45) is 0 Å². The van der Waals surface area contributed by atoms with Crippen LogP contribution in [0.5, 0.6) is 0 Å². The number of carboxylic acid groups (broad SMARTS) is 1. The van der Waals surface area contributed by atoms with Crippen molar-refractivity contribution in [2.45, 2.75) is 32.2 Å². The van der Waals surface area contributed by atoms with E-state index in [1.807, 2.05) is 6.92 Å². The fourth-order valence-corrected chi connectivity index (χ4v) is 2.87. The molecule has 0 bridgehead atoms. The molecular formula is C8H16N2O4S. The van der Waals surface area contributed by atoms with Gasteiger partial charge in [0.25, 0.3) is 10.2 Å². The van der Waals surface area contributed by atoms with E-state index in [2.05, 4.69) is 4.72 Å². The van der Waals surface area contributed by atoms with Crippen molar-refractivity contribution in [3.8, 4) is 0 Å². The van der Waals surface area contributed by atoms with Gasteiger partial charge in [-0.2, -0.15) is 17.4 Å². The Hall–Kier alpha value is -0.660. The Labute approximate surface area is 89.4 Å². The molecule has 88 valence electrons. The van der Waals surface area contributed by atoms with Crippen LogP contribution in [-0.4, -0.2) is 42.9 Å². The molecule has 0 amide bonds. The van der Waals surface area contributed by atoms with Gasteiger partial charge in [0, 0.05) is 13.1 Å². The molecule has 0 spiro atoms. The molecule has 0 saturated carbocycles. The van der Waals surface area contributed by atoms with Gasteiger partial charge in [0.1, 0.15) is 6.04 Å². The summed E-state index contributed by atoms with van der Waals surface area (Å²) in [5.41, 5.74) is 0. The van der Waals surface area contributed by atoms with Gasteiger partial charge in [-0.05, 0) is 6.42 Å². The minimum atomic E-state index is -3.56. The second-order valence-electron chi connectivity index (χ2n) is 3.58. The Morgan fingerprint density at radius 3 is 2.67 bits per heavy atom. The third-order valence-corrected chi connectivity index (χ3v) is 3.92. The Balaban J connectivity index is 2.54. The van der Waals surface area contributed by atoms with Gasteiger partial charge in [0.05, 0.1) is 0 Å². The molecule has 0 aromatic heterocycles. The first kappa shape index (κ1) is 12.4. The average Bonchev–Trinajstić information content (AvgIpc) is 2.43. The van der Waals surface area contributed by atoms with Crippen LogP contribution in [0.3, 0.4) is 0 Å². The Kier molecular flexibility index (Phi) is 4.06. The summed E-state index contributed by atoms with van der Waals surface area (Å²) in [6.07, 6.45) is 2.72. The first-order valence-electron chi connectivity index (χ1n) is 4.97. The number of unbranched alkanes of at least 4 members (excludes halogenated alkanes) is 2. The van der Waals surface area contributed by atoms with Gasteiger partial charge in [0.2, 0.25) is 0 Å². The summed E-state index contributed by atoms with van der Waals surface area (Å²) in [4.78, 5) is 10.6. The van der Waals surface area contributed by atoms with E-state index in [0.717, 1.165) is 19.3 Å². The van der Waals surface area contributed by atoms with E-state index in [-0.39, 0.29) is 6.54 Å². The van der Waals surface area contributed by atoms with E-state index in [1.165, 1.54) is 4.31 Å². The van der Waals surface area contributed by atoms with Crippen LogP contribution in [-0.2, 0) is 15.0 Å². The second-order valence-corrected chi connectivity index (χ2v) is 5.28. The highest BCUT2D eigenvalue weighted by Gasteiger charge is 2.38. The number of carbonyl (C=O) groups is 1. The van der Waals surface area contributed by atoms with Crippen LogP contribution >= 0.6 is 0 Å². The summed E-state index contributed by atoms with van der Waals surface area (Å²) >= 11 is 0. The van der Waals surface area contributed by atoms with Gasteiger partial charge in [-0.15, -0.1) is 0 Å². The highest BCUT2D eigenvalue weighted by atomic mass is 32.2. The molecule has 1 unspecified atom stereocenters. The molecule has 1 atom stereocenters. The lowest BCUT2D eigenvalue weighted by Gasteiger charge is -2.11. The third kappa shape index (κ3) is 3.15. The van der Waals surface area contributed by atoms with Crippen molar-refractivity contribution in [3.63, 3.8) is 0 Å². The smallest absolute Gasteiger partial charge is 0.323 e. The molecule has 7 heteroatoms. The topological polar surface area (TPSA) is 86.7 Å². The number of nitrogens with one attached hydrogen (secondary N) is 1. The minimum Gasteiger partial charge on any atom is -0.480 e. The van der Waals surface area contributed by atoms with Crippen LogP contribution in [0.1, 0.15) is 26.2 Å². The molecule has 1 heterocycles. The molecule has 1 saturated heterocycles. The van der Waals surface area contributed by atoms with Crippen LogP contribution < -0.4 is 4.72 Å². The third-order valence-electron chi connectivity index (χ3n) is 2.33. The molecule has 0 aliphatic carbocycles. The molecule has 6 nitrogen and oxygen atoms in total. The quantitative estimate of drug-likeness (QED) is 0.646. The van der Waals surface area contributed by atoms with E-state index in [1.54, 1.807) is 0 Å². The van der Waals surface area contributed by atoms with E-state index in [4.69, 9.17) is 5.11 Å². The maximum Gasteiger partial charge on any atom is 0.323 e. The standard InChI is InChI=1S/C8H16N2O4S/c1-2-3-4-5-10-6-7(8(11)12)9-15(10,13)14/h7,9H,2-6H2,1H3,(H,11,12). The van der Waals surface area contributed by atoms with Gasteiger partial charge in [-0.1, -0.05) is 19.8 Å². The predicted octanol–water partition coefficient (Wildman–Crippen LogP) is -0.220. The largest absolute Gasteiger partial charge is 0.480 e. The summed E-state index contributed by atoms with van der Waals surface area (Å²) in [6.45, 7) is 2.45. The SMILES string of the molecule is CCCCCN1CC(C(=O)O)NS1(=O)=O. The maximum absolute atomic E-state index is 11.4. The molecule has 0 aromatic rings. The zero-order valence-electron chi connectivity index (χ0n) is 8.64. The number of aliphatic carboxylic acids is 1. The van der Waals surface area contributed by atoms with Crippen LogP contribution in [0.2, 0.25) is 0 Å².